The standard InChI is InChI=1S/C12H20O2S/c1-3-9(4-2)12(14)11(13)8-10-6-5-7-15-10/h5-7,9,11-14H,3-4,8H2,1-2H3. The van der Waals surface area contributed by atoms with Crippen LogP contribution in [-0.2, 0) is 6.42 Å². The van der Waals surface area contributed by atoms with Gasteiger partial charge in [-0.25, -0.2) is 0 Å². The highest BCUT2D eigenvalue weighted by Crippen LogP contribution is 2.20. The first-order valence-electron chi connectivity index (χ1n) is 5.57. The zero-order valence-corrected chi connectivity index (χ0v) is 10.2. The predicted octanol–water partition coefficient (Wildman–Crippen LogP) is 2.45. The summed E-state index contributed by atoms with van der Waals surface area (Å²) in [5.74, 6) is 0.208. The van der Waals surface area contributed by atoms with E-state index in [0.29, 0.717) is 6.42 Å². The van der Waals surface area contributed by atoms with Gasteiger partial charge in [0.1, 0.15) is 0 Å². The molecule has 0 amide bonds. The Morgan fingerprint density at radius 3 is 2.40 bits per heavy atom. The van der Waals surface area contributed by atoms with E-state index in [1.54, 1.807) is 11.3 Å². The van der Waals surface area contributed by atoms with Crippen LogP contribution in [0.15, 0.2) is 17.5 Å². The van der Waals surface area contributed by atoms with Gasteiger partial charge in [-0.1, -0.05) is 32.8 Å². The van der Waals surface area contributed by atoms with Gasteiger partial charge in [-0.05, 0) is 17.4 Å². The SMILES string of the molecule is CCC(CC)C(O)C(O)Cc1cccs1. The second kappa shape index (κ2) is 6.26. The number of aliphatic hydroxyl groups excluding tert-OH is 2. The summed E-state index contributed by atoms with van der Waals surface area (Å²) in [6.45, 7) is 4.10. The normalized spacial score (nSPS) is 15.5. The summed E-state index contributed by atoms with van der Waals surface area (Å²) in [7, 11) is 0. The molecule has 2 N–H and O–H groups in total. The minimum absolute atomic E-state index is 0.208. The zero-order valence-electron chi connectivity index (χ0n) is 9.39. The molecule has 0 spiro atoms. The maximum atomic E-state index is 9.93. The van der Waals surface area contributed by atoms with Crippen LogP contribution in [0.2, 0.25) is 0 Å². The molecule has 15 heavy (non-hydrogen) atoms. The molecule has 0 fully saturated rings. The molecule has 0 aromatic carbocycles. The summed E-state index contributed by atoms with van der Waals surface area (Å²) in [4.78, 5) is 1.13. The van der Waals surface area contributed by atoms with Crippen molar-refractivity contribution in [1.82, 2.24) is 0 Å². The Morgan fingerprint density at radius 2 is 1.93 bits per heavy atom. The first-order chi connectivity index (χ1) is 7.19. The van der Waals surface area contributed by atoms with E-state index in [1.165, 1.54) is 0 Å². The van der Waals surface area contributed by atoms with Crippen LogP contribution >= 0.6 is 11.3 Å². The molecule has 2 unspecified atom stereocenters. The molecule has 0 aliphatic carbocycles. The molecule has 0 saturated heterocycles. The van der Waals surface area contributed by atoms with Gasteiger partial charge in [-0.2, -0.15) is 0 Å². The smallest absolute Gasteiger partial charge is 0.0849 e. The first-order valence-corrected chi connectivity index (χ1v) is 6.45. The number of aliphatic hydroxyl groups is 2. The summed E-state index contributed by atoms with van der Waals surface area (Å²) in [6, 6.07) is 3.96. The second-order valence-electron chi connectivity index (χ2n) is 3.92. The lowest BCUT2D eigenvalue weighted by Gasteiger charge is -2.24. The van der Waals surface area contributed by atoms with Gasteiger partial charge in [0.15, 0.2) is 0 Å². The molecule has 1 aromatic rings. The quantitative estimate of drug-likeness (QED) is 0.785. The molecule has 1 rings (SSSR count). The zero-order chi connectivity index (χ0) is 11.3. The molecule has 0 aliphatic rings. The third-order valence-electron chi connectivity index (χ3n) is 2.92. The molecule has 0 aliphatic heterocycles. The van der Waals surface area contributed by atoms with Gasteiger partial charge in [-0.15, -0.1) is 11.3 Å². The molecule has 0 radical (unpaired) electrons. The summed E-state index contributed by atoms with van der Waals surface area (Å²) in [6.07, 6.45) is 1.17. The van der Waals surface area contributed by atoms with E-state index >= 15 is 0 Å². The molecule has 2 nitrogen and oxygen atoms in total. The highest BCUT2D eigenvalue weighted by Gasteiger charge is 2.23. The number of hydrogen-bond donors (Lipinski definition) is 2. The van der Waals surface area contributed by atoms with Gasteiger partial charge < -0.3 is 10.2 Å². The average molecular weight is 228 g/mol. The topological polar surface area (TPSA) is 40.5 Å². The van der Waals surface area contributed by atoms with Crippen molar-refractivity contribution in [2.75, 3.05) is 0 Å². The first kappa shape index (κ1) is 12.7. The average Bonchev–Trinajstić information content (AvgIpc) is 2.72. The lowest BCUT2D eigenvalue weighted by molar-refractivity contribution is -0.0184. The summed E-state index contributed by atoms with van der Waals surface area (Å²) >= 11 is 1.62. The van der Waals surface area contributed by atoms with E-state index in [1.807, 2.05) is 17.5 Å². The Labute approximate surface area is 95.6 Å². The van der Waals surface area contributed by atoms with Crippen molar-refractivity contribution < 1.29 is 10.2 Å². The molecule has 0 bridgehead atoms. The second-order valence-corrected chi connectivity index (χ2v) is 4.95. The summed E-state index contributed by atoms with van der Waals surface area (Å²) < 4.78 is 0. The van der Waals surface area contributed by atoms with Crippen molar-refractivity contribution in [3.8, 4) is 0 Å². The van der Waals surface area contributed by atoms with Crippen LogP contribution in [0.5, 0.6) is 0 Å². The maximum Gasteiger partial charge on any atom is 0.0849 e. The lowest BCUT2D eigenvalue weighted by atomic mass is 9.91. The Morgan fingerprint density at radius 1 is 1.27 bits per heavy atom. The molecule has 3 heteroatoms. The molecule has 86 valence electrons. The summed E-state index contributed by atoms with van der Waals surface area (Å²) in [5, 5.41) is 21.8. The van der Waals surface area contributed by atoms with Gasteiger partial charge in [0.25, 0.3) is 0 Å². The van der Waals surface area contributed by atoms with Gasteiger partial charge in [0.2, 0.25) is 0 Å². The fraction of sp³-hybridized carbons (Fsp3) is 0.667. The maximum absolute atomic E-state index is 9.93. The Kier molecular flexibility index (Phi) is 5.29. The monoisotopic (exact) mass is 228 g/mol. The van der Waals surface area contributed by atoms with Crippen LogP contribution in [0.4, 0.5) is 0 Å². The molecular weight excluding hydrogens is 208 g/mol. The van der Waals surface area contributed by atoms with E-state index < -0.39 is 12.2 Å². The highest BCUT2D eigenvalue weighted by atomic mass is 32.1. The van der Waals surface area contributed by atoms with Gasteiger partial charge in [0.05, 0.1) is 12.2 Å². The van der Waals surface area contributed by atoms with Gasteiger partial charge in [-0.3, -0.25) is 0 Å². The number of rotatable bonds is 6. The van der Waals surface area contributed by atoms with E-state index in [2.05, 4.69) is 13.8 Å². The van der Waals surface area contributed by atoms with Crippen LogP contribution in [0.3, 0.4) is 0 Å². The minimum atomic E-state index is -0.631. The molecule has 2 atom stereocenters. The highest BCUT2D eigenvalue weighted by molar-refractivity contribution is 7.09. The predicted molar refractivity (Wildman–Crippen MR) is 64.1 cm³/mol. The summed E-state index contributed by atoms with van der Waals surface area (Å²) in [5.41, 5.74) is 0. The van der Waals surface area contributed by atoms with Gasteiger partial charge in [0, 0.05) is 11.3 Å². The fourth-order valence-corrected chi connectivity index (χ4v) is 2.60. The fourth-order valence-electron chi connectivity index (χ4n) is 1.84. The molecular formula is C12H20O2S. The van der Waals surface area contributed by atoms with Crippen molar-refractivity contribution in [2.45, 2.75) is 45.3 Å². The van der Waals surface area contributed by atoms with Crippen LogP contribution in [0.25, 0.3) is 0 Å². The van der Waals surface area contributed by atoms with E-state index in [9.17, 15) is 10.2 Å². The van der Waals surface area contributed by atoms with E-state index in [-0.39, 0.29) is 5.92 Å². The van der Waals surface area contributed by atoms with Crippen molar-refractivity contribution in [3.05, 3.63) is 22.4 Å². The van der Waals surface area contributed by atoms with Crippen LogP contribution < -0.4 is 0 Å². The Hall–Kier alpha value is -0.380. The number of hydrogen-bond acceptors (Lipinski definition) is 3. The lowest BCUT2D eigenvalue weighted by Crippen LogP contribution is -2.34. The van der Waals surface area contributed by atoms with E-state index in [0.717, 1.165) is 17.7 Å². The van der Waals surface area contributed by atoms with Crippen molar-refractivity contribution in [1.29, 1.82) is 0 Å². The Balaban J connectivity index is 2.48. The molecule has 0 saturated carbocycles. The third-order valence-corrected chi connectivity index (χ3v) is 3.82. The van der Waals surface area contributed by atoms with Crippen molar-refractivity contribution in [3.63, 3.8) is 0 Å². The molecule has 1 heterocycles. The Bertz CT molecular complexity index is 255. The molecule has 1 aromatic heterocycles. The number of thiophene rings is 1. The van der Waals surface area contributed by atoms with Crippen molar-refractivity contribution in [2.24, 2.45) is 5.92 Å². The van der Waals surface area contributed by atoms with Crippen LogP contribution in [0, 0.1) is 5.92 Å². The largest absolute Gasteiger partial charge is 0.390 e. The van der Waals surface area contributed by atoms with Crippen molar-refractivity contribution >= 4 is 11.3 Å². The minimum Gasteiger partial charge on any atom is -0.390 e. The van der Waals surface area contributed by atoms with E-state index in [4.69, 9.17) is 0 Å². The third kappa shape index (κ3) is 3.59. The van der Waals surface area contributed by atoms with Crippen LogP contribution in [-0.4, -0.2) is 22.4 Å². The van der Waals surface area contributed by atoms with Crippen LogP contribution in [0.1, 0.15) is 31.6 Å². The van der Waals surface area contributed by atoms with Gasteiger partial charge >= 0.3 is 0 Å².